The largest absolute Gasteiger partial charge is 0.483 e. The molecule has 10 heteroatoms. The van der Waals surface area contributed by atoms with Crippen LogP contribution in [-0.4, -0.2) is 54.8 Å². The van der Waals surface area contributed by atoms with Gasteiger partial charge >= 0.3 is 5.56 Å². The third-order valence-electron chi connectivity index (χ3n) is 6.96. The second-order valence-electron chi connectivity index (χ2n) is 9.71. The second-order valence-corrected chi connectivity index (χ2v) is 12.1. The van der Waals surface area contributed by atoms with E-state index < -0.39 is 10.0 Å². The Morgan fingerprint density at radius 1 is 1.03 bits per heavy atom. The number of halogens is 1. The van der Waals surface area contributed by atoms with Crippen LogP contribution in [0.2, 0.25) is 5.02 Å². The Labute approximate surface area is 222 Å². The van der Waals surface area contributed by atoms with Gasteiger partial charge in [-0.3, -0.25) is 4.79 Å². The summed E-state index contributed by atoms with van der Waals surface area (Å²) in [6.45, 7) is 3.49. The van der Waals surface area contributed by atoms with Gasteiger partial charge in [-0.25, -0.2) is 8.42 Å². The Balaban J connectivity index is 1.38. The van der Waals surface area contributed by atoms with Crippen molar-refractivity contribution in [3.05, 3.63) is 81.2 Å². The molecule has 1 aromatic heterocycles. The smallest absolute Gasteiger partial charge is 0.316 e. The minimum Gasteiger partial charge on any atom is -0.483 e. The van der Waals surface area contributed by atoms with Gasteiger partial charge in [0.25, 0.3) is 0 Å². The van der Waals surface area contributed by atoms with E-state index in [0.717, 1.165) is 36.8 Å². The van der Waals surface area contributed by atoms with Crippen molar-refractivity contribution in [1.82, 2.24) is 14.1 Å². The lowest BCUT2D eigenvalue weighted by Gasteiger charge is -2.36. The summed E-state index contributed by atoms with van der Waals surface area (Å²) in [4.78, 5) is 15.6. The summed E-state index contributed by atoms with van der Waals surface area (Å²) in [6.07, 6.45) is 5.59. The fraction of sp³-hybridized carbons (Fsp3) is 0.407. The number of hydrogen-bond acceptors (Lipinski definition) is 6. The van der Waals surface area contributed by atoms with Crippen molar-refractivity contribution < 1.29 is 13.2 Å². The molecule has 0 spiro atoms. The van der Waals surface area contributed by atoms with Gasteiger partial charge in [0.15, 0.2) is 0 Å². The van der Waals surface area contributed by atoms with Crippen LogP contribution in [0.4, 0.5) is 5.69 Å². The number of aromatic nitrogens is 2. The zero-order valence-corrected chi connectivity index (χ0v) is 22.4. The average molecular weight is 543 g/mol. The van der Waals surface area contributed by atoms with E-state index in [4.69, 9.17) is 16.3 Å². The van der Waals surface area contributed by atoms with Crippen LogP contribution in [0.5, 0.6) is 5.75 Å². The van der Waals surface area contributed by atoms with Crippen LogP contribution in [0.15, 0.2) is 59.5 Å². The molecule has 1 saturated carbocycles. The Morgan fingerprint density at radius 2 is 1.76 bits per heavy atom. The van der Waals surface area contributed by atoms with Crippen LogP contribution in [0.25, 0.3) is 5.69 Å². The molecule has 0 bridgehead atoms. The van der Waals surface area contributed by atoms with Crippen molar-refractivity contribution in [2.75, 3.05) is 31.1 Å². The first kappa shape index (κ1) is 25.8. The number of nitrogens with zero attached hydrogens (tertiary/aromatic N) is 4. The first-order valence-corrected chi connectivity index (χ1v) is 14.6. The highest BCUT2D eigenvalue weighted by Crippen LogP contribution is 2.30. The number of anilines is 1. The molecule has 2 heterocycles. The van der Waals surface area contributed by atoms with Crippen molar-refractivity contribution in [2.45, 2.75) is 44.5 Å². The second kappa shape index (κ2) is 10.8. The number of sulfonamides is 1. The molecule has 0 amide bonds. The van der Waals surface area contributed by atoms with E-state index in [1.165, 1.54) is 8.99 Å². The number of hydrogen-bond donors (Lipinski definition) is 0. The summed E-state index contributed by atoms with van der Waals surface area (Å²) >= 11 is 6.15. The Bertz CT molecular complexity index is 1430. The van der Waals surface area contributed by atoms with Gasteiger partial charge in [0.2, 0.25) is 15.8 Å². The highest BCUT2D eigenvalue weighted by molar-refractivity contribution is 7.88. The molecular formula is C27H31ClN4O4S. The lowest BCUT2D eigenvalue weighted by atomic mass is 10.2. The van der Waals surface area contributed by atoms with Crippen LogP contribution in [0.3, 0.4) is 0 Å². The summed E-state index contributed by atoms with van der Waals surface area (Å²) in [5.74, 6) is 0.236. The molecule has 196 valence electrons. The highest BCUT2D eigenvalue weighted by atomic mass is 35.5. The molecule has 5 rings (SSSR count). The molecule has 0 atom stereocenters. The topological polar surface area (TPSA) is 84.7 Å². The monoisotopic (exact) mass is 542 g/mol. The molecule has 0 radical (unpaired) electrons. The van der Waals surface area contributed by atoms with Crippen LogP contribution in [0.1, 0.15) is 36.8 Å². The molecule has 2 aliphatic rings. The van der Waals surface area contributed by atoms with E-state index >= 15 is 0 Å². The van der Waals surface area contributed by atoms with Gasteiger partial charge < -0.3 is 9.64 Å². The maximum atomic E-state index is 13.6. The Hall–Kier alpha value is -2.88. The zero-order chi connectivity index (χ0) is 26.0. The van der Waals surface area contributed by atoms with Crippen molar-refractivity contribution in [3.63, 3.8) is 0 Å². The quantitative estimate of drug-likeness (QED) is 0.445. The molecule has 2 aromatic carbocycles. The van der Waals surface area contributed by atoms with Crippen LogP contribution in [-0.2, 0) is 15.8 Å². The molecule has 1 aliphatic heterocycles. The van der Waals surface area contributed by atoms with E-state index in [1.54, 1.807) is 30.5 Å². The fourth-order valence-corrected chi connectivity index (χ4v) is 6.73. The van der Waals surface area contributed by atoms with Gasteiger partial charge in [-0.15, -0.1) is 0 Å². The van der Waals surface area contributed by atoms with Crippen molar-refractivity contribution in [1.29, 1.82) is 0 Å². The minimum absolute atomic E-state index is 0.0161. The molecule has 3 aromatic rings. The van der Waals surface area contributed by atoms with E-state index in [-0.39, 0.29) is 23.2 Å². The van der Waals surface area contributed by atoms with Gasteiger partial charge in [0.05, 0.1) is 23.7 Å². The van der Waals surface area contributed by atoms with Gasteiger partial charge in [-0.2, -0.15) is 14.1 Å². The molecule has 0 N–H and O–H groups in total. The lowest BCUT2D eigenvalue weighted by molar-refractivity contribution is 0.205. The zero-order valence-electron chi connectivity index (χ0n) is 20.8. The van der Waals surface area contributed by atoms with Gasteiger partial charge in [0.1, 0.15) is 5.69 Å². The molecule has 1 saturated heterocycles. The van der Waals surface area contributed by atoms with E-state index in [1.807, 2.05) is 36.1 Å². The number of piperazine rings is 1. The predicted molar refractivity (Wildman–Crippen MR) is 145 cm³/mol. The third-order valence-corrected chi connectivity index (χ3v) is 9.04. The summed E-state index contributed by atoms with van der Waals surface area (Å²) < 4.78 is 35.3. The van der Waals surface area contributed by atoms with Crippen molar-refractivity contribution in [3.8, 4) is 11.4 Å². The van der Waals surface area contributed by atoms with Gasteiger partial charge in [-0.1, -0.05) is 47.5 Å². The maximum Gasteiger partial charge on any atom is 0.316 e. The number of aryl methyl sites for hydroxylation is 1. The van der Waals surface area contributed by atoms with Crippen LogP contribution in [0, 0.1) is 6.92 Å². The van der Waals surface area contributed by atoms with Gasteiger partial charge in [-0.05, 0) is 56.4 Å². The van der Waals surface area contributed by atoms with Gasteiger partial charge in [0, 0.05) is 31.2 Å². The molecule has 1 aliphatic carbocycles. The summed E-state index contributed by atoms with van der Waals surface area (Å²) in [6, 6.07) is 14.6. The van der Waals surface area contributed by atoms with Crippen molar-refractivity contribution >= 4 is 27.3 Å². The van der Waals surface area contributed by atoms with E-state index in [9.17, 15) is 13.2 Å². The van der Waals surface area contributed by atoms with Crippen molar-refractivity contribution in [2.24, 2.45) is 0 Å². The number of benzene rings is 2. The molecular weight excluding hydrogens is 512 g/mol. The molecule has 37 heavy (non-hydrogen) atoms. The third kappa shape index (κ3) is 5.84. The Morgan fingerprint density at radius 3 is 2.46 bits per heavy atom. The summed E-state index contributed by atoms with van der Waals surface area (Å²) in [7, 11) is -3.46. The SMILES string of the molecule is Cc1cccc(CS(=O)(=O)N2CCN(c3cnn(-c4cccc(Cl)c4)c(=O)c3OC3CCCC3)CC2)c1. The number of ether oxygens (including phenoxy) is 1. The average Bonchev–Trinajstić information content (AvgIpc) is 3.38. The Kier molecular flexibility index (Phi) is 7.55. The fourth-order valence-electron chi connectivity index (χ4n) is 5.04. The van der Waals surface area contributed by atoms with E-state index in [0.29, 0.717) is 42.6 Å². The maximum absolute atomic E-state index is 13.6. The molecule has 2 fully saturated rings. The normalized spacial score (nSPS) is 17.3. The lowest BCUT2D eigenvalue weighted by Crippen LogP contribution is -2.49. The first-order chi connectivity index (χ1) is 17.8. The molecule has 0 unspecified atom stereocenters. The highest BCUT2D eigenvalue weighted by Gasteiger charge is 2.30. The standard InChI is InChI=1S/C27H31ClN4O4S/c1-20-6-4-7-21(16-20)19-37(34,35)31-14-12-30(13-15-31)25-18-29-32(23-9-5-8-22(28)17-23)27(33)26(25)36-24-10-2-3-11-24/h4-9,16-18,24H,2-3,10-15,19H2,1H3. The minimum atomic E-state index is -3.46. The summed E-state index contributed by atoms with van der Waals surface area (Å²) in [5, 5.41) is 4.93. The molecule has 8 nitrogen and oxygen atoms in total. The van der Waals surface area contributed by atoms with Crippen LogP contribution < -0.4 is 15.2 Å². The predicted octanol–water partition coefficient (Wildman–Crippen LogP) is 4.17. The van der Waals surface area contributed by atoms with E-state index in [2.05, 4.69) is 5.10 Å². The summed E-state index contributed by atoms with van der Waals surface area (Å²) in [5.41, 5.74) is 2.63. The number of rotatable bonds is 7. The van der Waals surface area contributed by atoms with Crippen LogP contribution >= 0.6 is 11.6 Å². The first-order valence-electron chi connectivity index (χ1n) is 12.6.